The van der Waals surface area contributed by atoms with Crippen molar-refractivity contribution in [3.63, 3.8) is 0 Å². The fourth-order valence-corrected chi connectivity index (χ4v) is 6.13. The number of hydrogen-bond acceptors (Lipinski definition) is 6. The third-order valence-electron chi connectivity index (χ3n) is 8.20. The minimum Gasteiger partial charge on any atom is -0.385 e. The van der Waals surface area contributed by atoms with Crippen LogP contribution in [0.25, 0.3) is 11.3 Å². The van der Waals surface area contributed by atoms with E-state index in [1.807, 2.05) is 39.8 Å². The van der Waals surface area contributed by atoms with Crippen LogP contribution in [0.1, 0.15) is 54.2 Å². The number of aliphatic hydroxyl groups is 1. The molecule has 8 nitrogen and oxygen atoms in total. The summed E-state index contributed by atoms with van der Waals surface area (Å²) in [7, 11) is 1.63. The van der Waals surface area contributed by atoms with E-state index in [0.717, 1.165) is 62.3 Å². The van der Waals surface area contributed by atoms with Crippen molar-refractivity contribution in [3.05, 3.63) is 72.2 Å². The zero-order chi connectivity index (χ0) is 27.2. The summed E-state index contributed by atoms with van der Waals surface area (Å²) >= 11 is 0. The molecule has 0 bridgehead atoms. The van der Waals surface area contributed by atoms with Crippen LogP contribution in [0.2, 0.25) is 0 Å². The second-order valence-corrected chi connectivity index (χ2v) is 11.0. The van der Waals surface area contributed by atoms with Gasteiger partial charge in [-0.05, 0) is 38.3 Å². The van der Waals surface area contributed by atoms with Crippen molar-refractivity contribution < 1.29 is 14.6 Å². The topological polar surface area (TPSA) is 91.6 Å². The molecule has 2 fully saturated rings. The summed E-state index contributed by atoms with van der Waals surface area (Å²) in [6.45, 7) is 5.24. The van der Waals surface area contributed by atoms with Crippen molar-refractivity contribution in [1.29, 1.82) is 0 Å². The molecule has 3 N–H and O–H groups in total. The van der Waals surface area contributed by atoms with Gasteiger partial charge in [0.1, 0.15) is 5.60 Å². The van der Waals surface area contributed by atoms with Crippen LogP contribution in [0.3, 0.4) is 0 Å². The predicted molar refractivity (Wildman–Crippen MR) is 154 cm³/mol. The maximum absolute atomic E-state index is 14.2. The fraction of sp³-hybridized carbons (Fsp3) is 0.484. The summed E-state index contributed by atoms with van der Waals surface area (Å²) in [6.07, 6.45) is 6.02. The van der Waals surface area contributed by atoms with Gasteiger partial charge in [0.2, 0.25) is 0 Å². The molecule has 3 atom stereocenters. The van der Waals surface area contributed by atoms with Gasteiger partial charge in [0.25, 0.3) is 5.91 Å². The van der Waals surface area contributed by atoms with Gasteiger partial charge >= 0.3 is 0 Å². The summed E-state index contributed by atoms with van der Waals surface area (Å²) < 4.78 is 7.49. The Kier molecular flexibility index (Phi) is 8.65. The number of aryl methyl sites for hydroxylation is 1. The molecule has 1 aliphatic carbocycles. The van der Waals surface area contributed by atoms with E-state index >= 15 is 0 Å². The number of imidazole rings is 1. The summed E-state index contributed by atoms with van der Waals surface area (Å²) in [5, 5.41) is 18.6. The molecule has 2 aromatic carbocycles. The first-order chi connectivity index (χ1) is 19.0. The molecule has 1 saturated carbocycles. The Bertz CT molecular complexity index is 1220. The standard InChI is InChI=1S/C31H41N5O3/c1-23-11-13-25(14-12-23)33-17-15-26-20-32-18-19-35(26)30(37)28-29(24-8-4-3-5-9-24)36(22-34-28)27-10-6-7-16-31(27,38)21-39-2/h3-5,8-9,11-14,22,26-27,32-33,38H,6-7,10,15-21H2,1-2H3/t26-,27-,31-/m1/s1. The maximum atomic E-state index is 14.2. The highest BCUT2D eigenvalue weighted by Gasteiger charge is 2.42. The number of benzene rings is 2. The highest BCUT2D eigenvalue weighted by molar-refractivity contribution is 5.98. The van der Waals surface area contributed by atoms with Crippen molar-refractivity contribution in [3.8, 4) is 11.3 Å². The lowest BCUT2D eigenvalue weighted by molar-refractivity contribution is -0.0893. The molecule has 1 saturated heterocycles. The minimum absolute atomic E-state index is 0.0538. The normalized spacial score (nSPS) is 23.5. The van der Waals surface area contributed by atoms with Crippen LogP contribution in [0.15, 0.2) is 60.9 Å². The number of amides is 1. The molecule has 3 aromatic rings. The van der Waals surface area contributed by atoms with E-state index in [4.69, 9.17) is 9.72 Å². The number of nitrogens with one attached hydrogen (secondary N) is 2. The Hall–Kier alpha value is -3.20. The molecule has 208 valence electrons. The zero-order valence-corrected chi connectivity index (χ0v) is 23.1. The van der Waals surface area contributed by atoms with Gasteiger partial charge in [-0.2, -0.15) is 0 Å². The lowest BCUT2D eigenvalue weighted by atomic mass is 9.80. The molecule has 2 heterocycles. The van der Waals surface area contributed by atoms with Gasteiger partial charge in [0.15, 0.2) is 5.69 Å². The van der Waals surface area contributed by atoms with E-state index in [1.165, 1.54) is 5.56 Å². The zero-order valence-electron chi connectivity index (χ0n) is 23.1. The second-order valence-electron chi connectivity index (χ2n) is 11.0. The fourth-order valence-electron chi connectivity index (χ4n) is 6.13. The summed E-state index contributed by atoms with van der Waals surface area (Å²) in [5.74, 6) is -0.0551. The molecular weight excluding hydrogens is 490 g/mol. The Morgan fingerprint density at radius 1 is 1.18 bits per heavy atom. The lowest BCUT2D eigenvalue weighted by Gasteiger charge is -2.41. The molecule has 0 radical (unpaired) electrons. The third kappa shape index (κ3) is 6.03. The Labute approximate surface area is 231 Å². The number of carbonyl (C=O) groups is 1. The quantitative estimate of drug-likeness (QED) is 0.382. The summed E-state index contributed by atoms with van der Waals surface area (Å²) in [5.41, 5.74) is 3.47. The molecule has 0 spiro atoms. The predicted octanol–water partition coefficient (Wildman–Crippen LogP) is 4.27. The lowest BCUT2D eigenvalue weighted by Crippen LogP contribution is -2.54. The van der Waals surface area contributed by atoms with Crippen LogP contribution >= 0.6 is 0 Å². The van der Waals surface area contributed by atoms with E-state index in [1.54, 1.807) is 13.4 Å². The van der Waals surface area contributed by atoms with E-state index in [-0.39, 0.29) is 24.6 Å². The van der Waals surface area contributed by atoms with Crippen LogP contribution < -0.4 is 10.6 Å². The molecular formula is C31H41N5O3. The maximum Gasteiger partial charge on any atom is 0.275 e. The number of aromatic nitrogens is 2. The average Bonchev–Trinajstić information content (AvgIpc) is 3.39. The van der Waals surface area contributed by atoms with Crippen molar-refractivity contribution in [2.24, 2.45) is 0 Å². The summed E-state index contributed by atoms with van der Waals surface area (Å²) in [4.78, 5) is 20.9. The number of carbonyl (C=O) groups excluding carboxylic acids is 1. The Balaban J connectivity index is 1.42. The van der Waals surface area contributed by atoms with Crippen LogP contribution in [-0.4, -0.2) is 77.0 Å². The van der Waals surface area contributed by atoms with Crippen LogP contribution in [0, 0.1) is 6.92 Å². The molecule has 8 heteroatoms. The number of anilines is 1. The number of rotatable bonds is 9. The summed E-state index contributed by atoms with van der Waals surface area (Å²) in [6, 6.07) is 18.2. The van der Waals surface area contributed by atoms with E-state index < -0.39 is 5.60 Å². The van der Waals surface area contributed by atoms with Crippen LogP contribution in [0.4, 0.5) is 5.69 Å². The third-order valence-corrected chi connectivity index (χ3v) is 8.20. The van der Waals surface area contributed by atoms with E-state index in [9.17, 15) is 9.90 Å². The number of ether oxygens (including phenoxy) is 1. The number of methoxy groups -OCH3 is 1. The minimum atomic E-state index is -1.00. The molecule has 39 heavy (non-hydrogen) atoms. The van der Waals surface area contributed by atoms with Gasteiger partial charge in [-0.1, -0.05) is 60.9 Å². The highest BCUT2D eigenvalue weighted by atomic mass is 16.5. The molecule has 5 rings (SSSR count). The molecule has 1 amide bonds. The first-order valence-electron chi connectivity index (χ1n) is 14.2. The molecule has 0 unspecified atom stereocenters. The molecule has 2 aliphatic rings. The van der Waals surface area contributed by atoms with Crippen molar-refractivity contribution in [1.82, 2.24) is 19.8 Å². The van der Waals surface area contributed by atoms with Gasteiger partial charge in [0, 0.05) is 50.6 Å². The van der Waals surface area contributed by atoms with Gasteiger partial charge < -0.3 is 29.9 Å². The largest absolute Gasteiger partial charge is 0.385 e. The Morgan fingerprint density at radius 2 is 1.97 bits per heavy atom. The first kappa shape index (κ1) is 27.4. The van der Waals surface area contributed by atoms with Gasteiger partial charge in [-0.15, -0.1) is 0 Å². The SMILES string of the molecule is COC[C@]1(O)CCCC[C@H]1n1cnc(C(=O)N2CCNC[C@H]2CCNc2ccc(C)cc2)c1-c1ccccc1. The van der Waals surface area contributed by atoms with Gasteiger partial charge in [-0.3, -0.25) is 4.79 Å². The van der Waals surface area contributed by atoms with Gasteiger partial charge in [-0.25, -0.2) is 4.98 Å². The smallest absolute Gasteiger partial charge is 0.275 e. The number of nitrogens with zero attached hydrogens (tertiary/aromatic N) is 3. The molecule has 1 aromatic heterocycles. The average molecular weight is 532 g/mol. The molecule has 1 aliphatic heterocycles. The second kappa shape index (κ2) is 12.3. The van der Waals surface area contributed by atoms with Crippen molar-refractivity contribution in [2.45, 2.75) is 56.7 Å². The van der Waals surface area contributed by atoms with Crippen LogP contribution in [-0.2, 0) is 4.74 Å². The van der Waals surface area contributed by atoms with E-state index in [0.29, 0.717) is 18.7 Å². The van der Waals surface area contributed by atoms with Crippen molar-refractivity contribution >= 4 is 11.6 Å². The monoisotopic (exact) mass is 531 g/mol. The number of piperazine rings is 1. The van der Waals surface area contributed by atoms with Crippen molar-refractivity contribution in [2.75, 3.05) is 45.2 Å². The Morgan fingerprint density at radius 3 is 2.74 bits per heavy atom. The first-order valence-corrected chi connectivity index (χ1v) is 14.2. The van der Waals surface area contributed by atoms with E-state index in [2.05, 4.69) is 41.8 Å². The van der Waals surface area contributed by atoms with Gasteiger partial charge in [0.05, 0.1) is 24.7 Å². The highest BCUT2D eigenvalue weighted by Crippen LogP contribution is 2.41. The van der Waals surface area contributed by atoms with Crippen LogP contribution in [0.5, 0.6) is 0 Å². The number of hydrogen-bond donors (Lipinski definition) is 3.